The molecule has 14 aromatic carbocycles. The van der Waals surface area contributed by atoms with Crippen molar-refractivity contribution in [2.75, 3.05) is 0 Å². The molecule has 1 fully saturated rings. The number of rotatable bonds is 8. The van der Waals surface area contributed by atoms with E-state index in [9.17, 15) is 0 Å². The second kappa shape index (κ2) is 22.4. The Hall–Kier alpha value is -12.2. The summed E-state index contributed by atoms with van der Waals surface area (Å²) in [7, 11) is 0. The Kier molecular flexibility index (Phi) is 13.0. The molecule has 506 valence electrons. The lowest BCUT2D eigenvalue weighted by molar-refractivity contribution is 0.233. The molecule has 106 heavy (non-hydrogen) atoms. The van der Waals surface area contributed by atoms with E-state index in [0.29, 0.717) is 11.9 Å². The van der Waals surface area contributed by atoms with Gasteiger partial charge in [-0.2, -0.15) is 0 Å². The molecule has 0 spiro atoms. The zero-order valence-electron chi connectivity index (χ0n) is 60.5. The quantitative estimate of drug-likeness (QED) is 0.152. The summed E-state index contributed by atoms with van der Waals surface area (Å²) in [6, 6.07) is 112. The maximum atomic E-state index is 5.88. The van der Waals surface area contributed by atoms with Crippen LogP contribution in [0.5, 0.6) is 0 Å². The van der Waals surface area contributed by atoms with Crippen molar-refractivity contribution >= 4 is 76.3 Å². The maximum Gasteiger partial charge on any atom is 0.235 e. The molecule has 0 radical (unpaired) electrons. The molecule has 0 saturated heterocycles. The van der Waals surface area contributed by atoms with Gasteiger partial charge in [0.1, 0.15) is 0 Å². The lowest BCUT2D eigenvalue weighted by Gasteiger charge is -2.34. The average Bonchev–Trinajstić information content (AvgIpc) is 1.59. The number of hydrogen-bond acceptors (Lipinski definition) is 2. The van der Waals surface area contributed by atoms with Gasteiger partial charge in [-0.3, -0.25) is 4.57 Å². The van der Waals surface area contributed by atoms with Crippen molar-refractivity contribution in [3.63, 3.8) is 0 Å². The van der Waals surface area contributed by atoms with Crippen molar-refractivity contribution in [1.82, 2.24) is 23.7 Å². The molecule has 2 unspecified atom stereocenters. The van der Waals surface area contributed by atoms with Crippen LogP contribution in [0.15, 0.2) is 297 Å². The largest absolute Gasteiger partial charge is 0.309 e. The van der Waals surface area contributed by atoms with Gasteiger partial charge in [-0.25, -0.2) is 9.97 Å². The van der Waals surface area contributed by atoms with E-state index in [1.807, 2.05) is 0 Å². The van der Waals surface area contributed by atoms with Crippen LogP contribution in [0, 0.1) is 5.92 Å². The standard InChI is InChI=1S/C101H77N5/c1-99(2)84-31-13-7-25-71(84)77-53-62(37-44-87(77)99)65-40-48-94-80(56-65)74-28-10-16-34-91(74)104(94)69-24-20-22-61(52-69)60-21-19-23-68(51-60)97-83-59-70(105-92-35-17-11-29-75(92)81-57-66(41-49-95(81)105)63-38-45-88-78(54-63)72-26-8-14-32-85(72)100(88,3)4)43-47-90(83)102-98(103-97)106-93-36-18-12-30-76(93)82-58-67(42-50-96(82)106)64-39-46-89-79(55-64)73-27-9-15-33-86(73)101(89,5)6/h8-12,14-24,26-30,32-59,71,84H,7,13,25,31H2,1-6H3. The molecule has 22 rings (SSSR count). The van der Waals surface area contributed by atoms with Crippen molar-refractivity contribution in [3.05, 3.63) is 331 Å². The second-order valence-electron chi connectivity index (χ2n) is 32.3. The Bertz CT molecular complexity index is 6840. The highest BCUT2D eigenvalue weighted by molar-refractivity contribution is 6.14. The first-order valence-electron chi connectivity index (χ1n) is 38.1. The molecule has 2 atom stereocenters. The Morgan fingerprint density at radius 1 is 0.283 bits per heavy atom. The van der Waals surface area contributed by atoms with Gasteiger partial charge >= 0.3 is 0 Å². The predicted octanol–water partition coefficient (Wildman–Crippen LogP) is 26.4. The van der Waals surface area contributed by atoms with Crippen LogP contribution in [-0.2, 0) is 16.2 Å². The van der Waals surface area contributed by atoms with Crippen LogP contribution in [-0.4, -0.2) is 23.7 Å². The SMILES string of the molecule is CC1(C)c2ccccc2-c2cc(-c3ccc4c(c3)c3ccccc3n4-c3ccc4nc(-n5c6ccccc6c6cc(-c7ccc8c(c7)-c7ccccc7C8(C)C)ccc65)nc(-c5cccc(-c6cccc(-n7c8ccccc8c8cc(-c9ccc%10c(c9)C9CCCCC9C%10(C)C)ccc87)c6)c5)c4c3)ccc21. The normalized spacial score (nSPS) is 16.5. The molecule has 4 aromatic heterocycles. The van der Waals surface area contributed by atoms with Crippen molar-refractivity contribution in [2.24, 2.45) is 5.92 Å². The highest BCUT2D eigenvalue weighted by Crippen LogP contribution is 2.58. The molecule has 5 heteroatoms. The van der Waals surface area contributed by atoms with Gasteiger partial charge in [0.25, 0.3) is 0 Å². The van der Waals surface area contributed by atoms with Gasteiger partial charge in [-0.15, -0.1) is 0 Å². The van der Waals surface area contributed by atoms with Crippen molar-refractivity contribution < 1.29 is 0 Å². The summed E-state index contributed by atoms with van der Waals surface area (Å²) in [5.41, 5.74) is 35.3. The molecule has 4 aliphatic rings. The molecule has 18 aromatic rings. The van der Waals surface area contributed by atoms with Gasteiger partial charge in [0, 0.05) is 65.5 Å². The van der Waals surface area contributed by atoms with Gasteiger partial charge in [-0.1, -0.05) is 249 Å². The summed E-state index contributed by atoms with van der Waals surface area (Å²) in [6.45, 7) is 14.4. The Morgan fingerprint density at radius 2 is 0.708 bits per heavy atom. The summed E-state index contributed by atoms with van der Waals surface area (Å²) in [6.07, 6.45) is 5.32. The van der Waals surface area contributed by atoms with E-state index >= 15 is 0 Å². The Balaban J connectivity index is 0.689. The van der Waals surface area contributed by atoms with Crippen molar-refractivity contribution in [1.29, 1.82) is 0 Å². The van der Waals surface area contributed by atoms with E-state index in [1.54, 1.807) is 11.1 Å². The molecule has 4 aliphatic carbocycles. The van der Waals surface area contributed by atoms with Gasteiger partial charge in [0.05, 0.1) is 44.3 Å². The third-order valence-corrected chi connectivity index (χ3v) is 25.7. The summed E-state index contributed by atoms with van der Waals surface area (Å²) >= 11 is 0. The van der Waals surface area contributed by atoms with E-state index in [-0.39, 0.29) is 16.2 Å². The average molecular weight is 1360 g/mol. The van der Waals surface area contributed by atoms with E-state index in [0.717, 1.165) is 83.4 Å². The van der Waals surface area contributed by atoms with Crippen LogP contribution in [0.1, 0.15) is 107 Å². The predicted molar refractivity (Wildman–Crippen MR) is 443 cm³/mol. The van der Waals surface area contributed by atoms with E-state index < -0.39 is 0 Å². The van der Waals surface area contributed by atoms with E-state index in [4.69, 9.17) is 9.97 Å². The number of fused-ring (bicyclic) bond motifs is 19. The highest BCUT2D eigenvalue weighted by atomic mass is 15.2. The molecule has 0 aliphatic heterocycles. The van der Waals surface area contributed by atoms with Gasteiger partial charge in [-0.05, 0) is 233 Å². The van der Waals surface area contributed by atoms with Crippen LogP contribution in [0.25, 0.3) is 172 Å². The zero-order chi connectivity index (χ0) is 70.6. The number of para-hydroxylation sites is 3. The van der Waals surface area contributed by atoms with E-state index in [2.05, 4.69) is 352 Å². The molecular weight excluding hydrogens is 1280 g/mol. The van der Waals surface area contributed by atoms with Crippen molar-refractivity contribution in [3.8, 4) is 95.3 Å². The zero-order valence-corrected chi connectivity index (χ0v) is 60.5. The molecule has 0 amide bonds. The second-order valence-corrected chi connectivity index (χ2v) is 32.3. The van der Waals surface area contributed by atoms with E-state index in [1.165, 1.54) is 136 Å². The molecule has 0 N–H and O–H groups in total. The Morgan fingerprint density at radius 3 is 1.29 bits per heavy atom. The fraction of sp³-hybridized carbons (Fsp3) is 0.149. The minimum absolute atomic E-state index is 0.0585. The fourth-order valence-corrected chi connectivity index (χ4v) is 20.5. The maximum absolute atomic E-state index is 5.88. The minimum Gasteiger partial charge on any atom is -0.309 e. The number of benzene rings is 14. The highest BCUT2D eigenvalue weighted by Gasteiger charge is 2.47. The van der Waals surface area contributed by atoms with Crippen LogP contribution >= 0.6 is 0 Å². The van der Waals surface area contributed by atoms with Crippen LogP contribution in [0.3, 0.4) is 0 Å². The number of hydrogen-bond donors (Lipinski definition) is 0. The molecule has 0 bridgehead atoms. The van der Waals surface area contributed by atoms with Gasteiger partial charge in [0.2, 0.25) is 5.95 Å². The minimum atomic E-state index is -0.0682. The van der Waals surface area contributed by atoms with Gasteiger partial charge in [0.15, 0.2) is 0 Å². The first kappa shape index (κ1) is 61.3. The smallest absolute Gasteiger partial charge is 0.235 e. The van der Waals surface area contributed by atoms with Crippen molar-refractivity contribution in [2.45, 2.75) is 89.4 Å². The summed E-state index contributed by atoms with van der Waals surface area (Å²) in [5, 5.41) is 8.19. The molecule has 4 heterocycles. The summed E-state index contributed by atoms with van der Waals surface area (Å²) < 4.78 is 7.19. The third-order valence-electron chi connectivity index (χ3n) is 25.7. The summed E-state index contributed by atoms with van der Waals surface area (Å²) in [4.78, 5) is 11.5. The van der Waals surface area contributed by atoms with Crippen LogP contribution in [0.4, 0.5) is 0 Å². The first-order chi connectivity index (χ1) is 51.8. The number of nitrogens with zero attached hydrogens (tertiary/aromatic N) is 5. The molecule has 5 nitrogen and oxygen atoms in total. The fourth-order valence-electron chi connectivity index (χ4n) is 20.5. The topological polar surface area (TPSA) is 40.6 Å². The molecular formula is C101H77N5. The Labute approximate surface area is 617 Å². The first-order valence-corrected chi connectivity index (χ1v) is 38.1. The lowest BCUT2D eigenvalue weighted by atomic mass is 9.70. The summed E-state index contributed by atoms with van der Waals surface area (Å²) in [5.74, 6) is 2.00. The third kappa shape index (κ3) is 8.83. The van der Waals surface area contributed by atoms with Gasteiger partial charge < -0.3 is 9.13 Å². The molecule has 1 saturated carbocycles. The van der Waals surface area contributed by atoms with Crippen LogP contribution < -0.4 is 0 Å². The monoisotopic (exact) mass is 1360 g/mol. The number of aromatic nitrogens is 5. The lowest BCUT2D eigenvalue weighted by Crippen LogP contribution is -2.27. The van der Waals surface area contributed by atoms with Crippen LogP contribution in [0.2, 0.25) is 0 Å².